The van der Waals surface area contributed by atoms with Crippen molar-refractivity contribution in [1.29, 1.82) is 0 Å². The van der Waals surface area contributed by atoms with Gasteiger partial charge in [-0.1, -0.05) is 43.9 Å². The molecule has 0 aromatic heterocycles. The summed E-state index contributed by atoms with van der Waals surface area (Å²) < 4.78 is 5.95. The van der Waals surface area contributed by atoms with Crippen LogP contribution < -0.4 is 0 Å². The third kappa shape index (κ3) is 15.0. The molecule has 0 bridgehead atoms. The van der Waals surface area contributed by atoms with Crippen LogP contribution in [0.4, 0.5) is 0 Å². The number of hydrogen-bond donors (Lipinski definition) is 0. The van der Waals surface area contributed by atoms with E-state index in [1.54, 1.807) is 0 Å². The lowest BCUT2D eigenvalue weighted by Crippen LogP contribution is -2.13. The maximum Gasteiger partial charge on any atom is 0.0609 e. The van der Waals surface area contributed by atoms with Gasteiger partial charge in [-0.2, -0.15) is 23.5 Å². The van der Waals surface area contributed by atoms with E-state index >= 15 is 0 Å². The minimum absolute atomic E-state index is 0.378. The van der Waals surface area contributed by atoms with E-state index in [0.717, 1.165) is 25.4 Å². The second kappa shape index (κ2) is 18.0. The molecule has 0 aromatic carbocycles. The van der Waals surface area contributed by atoms with Crippen molar-refractivity contribution in [2.75, 3.05) is 29.6 Å². The fourth-order valence-corrected chi connectivity index (χ4v) is 5.77. The van der Waals surface area contributed by atoms with E-state index in [1.807, 2.05) is 0 Å². The van der Waals surface area contributed by atoms with E-state index in [4.69, 9.17) is 4.74 Å². The average molecular weight is 427 g/mol. The lowest BCUT2D eigenvalue weighted by atomic mass is 10.0. The molecule has 1 nitrogen and oxygen atoms in total. The second-order valence-corrected chi connectivity index (χ2v) is 11.0. The molecule has 1 aliphatic rings. The van der Waals surface area contributed by atoms with Crippen LogP contribution in [0.3, 0.4) is 0 Å². The predicted molar refractivity (Wildman–Crippen MR) is 133 cm³/mol. The molecule has 1 fully saturated rings. The summed E-state index contributed by atoms with van der Waals surface area (Å²) in [5.41, 5.74) is 2.73. The number of hydrogen-bond acceptors (Lipinski definition) is 3. The minimum atomic E-state index is 0.378. The van der Waals surface area contributed by atoms with E-state index in [-0.39, 0.29) is 0 Å². The normalized spacial score (nSPS) is 17.9. The molecule has 3 heteroatoms. The van der Waals surface area contributed by atoms with Gasteiger partial charge in [0.1, 0.15) is 0 Å². The van der Waals surface area contributed by atoms with Crippen LogP contribution in [-0.4, -0.2) is 35.7 Å². The molecule has 0 amide bonds. The first kappa shape index (κ1) is 26.2. The summed E-state index contributed by atoms with van der Waals surface area (Å²) in [5, 5.41) is 0. The Labute approximate surface area is 184 Å². The van der Waals surface area contributed by atoms with E-state index in [9.17, 15) is 0 Å². The van der Waals surface area contributed by atoms with Gasteiger partial charge in [0.2, 0.25) is 0 Å². The molecule has 28 heavy (non-hydrogen) atoms. The smallest absolute Gasteiger partial charge is 0.0609 e. The Bertz CT molecular complexity index is 407. The Morgan fingerprint density at radius 2 is 1.68 bits per heavy atom. The van der Waals surface area contributed by atoms with Crippen LogP contribution in [0.15, 0.2) is 24.3 Å². The molecular weight excluding hydrogens is 380 g/mol. The van der Waals surface area contributed by atoms with Crippen LogP contribution in [0, 0.1) is 5.92 Å². The Hall–Kier alpha value is 0.140. The van der Waals surface area contributed by atoms with Crippen molar-refractivity contribution in [2.24, 2.45) is 5.92 Å². The van der Waals surface area contributed by atoms with Crippen molar-refractivity contribution in [2.45, 2.75) is 97.0 Å². The van der Waals surface area contributed by atoms with E-state index < -0.39 is 0 Å². The molecule has 1 saturated carbocycles. The molecule has 164 valence electrons. The van der Waals surface area contributed by atoms with Crippen molar-refractivity contribution in [1.82, 2.24) is 0 Å². The quantitative estimate of drug-likeness (QED) is 0.152. The molecule has 1 aliphatic carbocycles. The number of rotatable bonds is 19. The standard InChI is InChI=1S/C25H46OS2/c1-5-25(20-22(2)3)26-15-11-19-28-17-9-6-8-16-27-18-10-7-12-24-14-13-23(4)21-24/h24-25H,2,4-21H2,1,3H3. The number of allylic oxidation sites excluding steroid dienone is 1. The molecule has 0 N–H and O–H groups in total. The van der Waals surface area contributed by atoms with Gasteiger partial charge in [0, 0.05) is 6.61 Å². The number of unbranched alkanes of at least 4 members (excludes halogenated alkanes) is 3. The molecule has 0 spiro atoms. The molecule has 2 atom stereocenters. The Morgan fingerprint density at radius 1 is 1.04 bits per heavy atom. The zero-order valence-corrected chi connectivity index (χ0v) is 20.4. The van der Waals surface area contributed by atoms with Crippen molar-refractivity contribution < 1.29 is 4.74 Å². The van der Waals surface area contributed by atoms with Gasteiger partial charge in [-0.3, -0.25) is 0 Å². The van der Waals surface area contributed by atoms with Crippen molar-refractivity contribution in [3.05, 3.63) is 24.3 Å². The van der Waals surface area contributed by atoms with Gasteiger partial charge in [-0.15, -0.1) is 6.58 Å². The lowest BCUT2D eigenvalue weighted by molar-refractivity contribution is 0.0521. The lowest BCUT2D eigenvalue weighted by Gasteiger charge is -2.15. The first-order chi connectivity index (χ1) is 13.6. The molecule has 0 heterocycles. The Morgan fingerprint density at radius 3 is 2.25 bits per heavy atom. The minimum Gasteiger partial charge on any atom is -0.378 e. The zero-order valence-electron chi connectivity index (χ0n) is 18.8. The second-order valence-electron chi connectivity index (χ2n) is 8.56. The Kier molecular flexibility index (Phi) is 16.8. The summed E-state index contributed by atoms with van der Waals surface area (Å²) in [6, 6.07) is 0. The van der Waals surface area contributed by atoms with Crippen molar-refractivity contribution >= 4 is 23.5 Å². The molecule has 0 aromatic rings. The highest BCUT2D eigenvalue weighted by Gasteiger charge is 2.16. The molecule has 0 aliphatic heterocycles. The molecule has 0 saturated heterocycles. The first-order valence-corrected chi connectivity index (χ1v) is 14.0. The van der Waals surface area contributed by atoms with Crippen LogP contribution in [-0.2, 0) is 4.74 Å². The first-order valence-electron chi connectivity index (χ1n) is 11.7. The van der Waals surface area contributed by atoms with Gasteiger partial charge in [0.15, 0.2) is 0 Å². The fourth-order valence-electron chi connectivity index (χ4n) is 3.81. The highest BCUT2D eigenvalue weighted by molar-refractivity contribution is 7.99. The predicted octanol–water partition coefficient (Wildman–Crippen LogP) is 8.30. The largest absolute Gasteiger partial charge is 0.378 e. The third-order valence-electron chi connectivity index (χ3n) is 5.53. The van der Waals surface area contributed by atoms with Crippen LogP contribution >= 0.6 is 23.5 Å². The third-order valence-corrected chi connectivity index (χ3v) is 7.84. The highest BCUT2D eigenvalue weighted by Crippen LogP contribution is 2.32. The fraction of sp³-hybridized carbons (Fsp3) is 0.840. The maximum atomic E-state index is 5.95. The molecule has 0 radical (unpaired) electrons. The monoisotopic (exact) mass is 426 g/mol. The van der Waals surface area contributed by atoms with Crippen molar-refractivity contribution in [3.8, 4) is 0 Å². The SMILES string of the molecule is C=C(C)CC(CC)OCCCSCCCCCSCCCCC1CCC(=C)C1. The number of thioether (sulfide) groups is 2. The summed E-state index contributed by atoms with van der Waals surface area (Å²) in [5.74, 6) is 6.25. The zero-order chi connectivity index (χ0) is 20.5. The average Bonchev–Trinajstić information content (AvgIpc) is 3.08. The van der Waals surface area contributed by atoms with Gasteiger partial charge >= 0.3 is 0 Å². The van der Waals surface area contributed by atoms with Crippen LogP contribution in [0.1, 0.15) is 90.9 Å². The summed E-state index contributed by atoms with van der Waals surface area (Å²) in [7, 11) is 0. The van der Waals surface area contributed by atoms with E-state index in [0.29, 0.717) is 6.10 Å². The molecule has 2 unspecified atom stereocenters. The molecule has 1 rings (SSSR count). The van der Waals surface area contributed by atoms with E-state index in [2.05, 4.69) is 50.5 Å². The van der Waals surface area contributed by atoms with Crippen LogP contribution in [0.25, 0.3) is 0 Å². The van der Waals surface area contributed by atoms with Gasteiger partial charge in [0.05, 0.1) is 6.10 Å². The Balaban J connectivity index is 1.74. The van der Waals surface area contributed by atoms with Gasteiger partial charge in [-0.25, -0.2) is 0 Å². The summed E-state index contributed by atoms with van der Waals surface area (Å²) in [4.78, 5) is 0. The van der Waals surface area contributed by atoms with Gasteiger partial charge < -0.3 is 4.74 Å². The van der Waals surface area contributed by atoms with Gasteiger partial charge in [-0.05, 0) is 93.6 Å². The van der Waals surface area contributed by atoms with Crippen molar-refractivity contribution in [3.63, 3.8) is 0 Å². The summed E-state index contributed by atoms with van der Waals surface area (Å²) in [6.07, 6.45) is 16.1. The molecular formula is C25H46OS2. The van der Waals surface area contributed by atoms with Gasteiger partial charge in [0.25, 0.3) is 0 Å². The van der Waals surface area contributed by atoms with Crippen LogP contribution in [0.5, 0.6) is 0 Å². The number of ether oxygens (including phenoxy) is 1. The maximum absolute atomic E-state index is 5.95. The van der Waals surface area contributed by atoms with Crippen LogP contribution in [0.2, 0.25) is 0 Å². The highest BCUT2D eigenvalue weighted by atomic mass is 32.2. The summed E-state index contributed by atoms with van der Waals surface area (Å²) in [6.45, 7) is 13.3. The summed E-state index contributed by atoms with van der Waals surface area (Å²) >= 11 is 4.28. The van der Waals surface area contributed by atoms with E-state index in [1.165, 1.54) is 98.4 Å². The topological polar surface area (TPSA) is 9.23 Å².